The molecule has 2 rings (SSSR count). The maximum Gasteiger partial charge on any atom is 0.249 e. The lowest BCUT2D eigenvalue weighted by molar-refractivity contribution is -0.111. The number of ether oxygens (including phenoxy) is 1. The van der Waals surface area contributed by atoms with Crippen LogP contribution >= 0.6 is 0 Å². The van der Waals surface area contributed by atoms with Crippen LogP contribution in [0.3, 0.4) is 0 Å². The van der Waals surface area contributed by atoms with E-state index in [1.54, 1.807) is 18.3 Å². The van der Waals surface area contributed by atoms with E-state index in [4.69, 9.17) is 4.74 Å². The largest absolute Gasteiger partial charge is 0.379 e. The molecule has 112 valence electrons. The Labute approximate surface area is 125 Å². The van der Waals surface area contributed by atoms with E-state index in [2.05, 4.69) is 15.2 Å². The van der Waals surface area contributed by atoms with Crippen LogP contribution in [0.5, 0.6) is 0 Å². The molecule has 0 aromatic carbocycles. The van der Waals surface area contributed by atoms with Gasteiger partial charge in [-0.1, -0.05) is 24.3 Å². The standard InChI is InChI=1S/C16H21N3O2/c1-2-3-4-5-16(20)18-15-7-6-14(12-17-15)13-19-8-10-21-11-9-19/h2-7,12H,8-11,13H2,1H3,(H,17,18,20). The summed E-state index contributed by atoms with van der Waals surface area (Å²) in [5.74, 6) is 0.386. The van der Waals surface area contributed by atoms with Crippen molar-refractivity contribution in [2.45, 2.75) is 13.5 Å². The van der Waals surface area contributed by atoms with Gasteiger partial charge in [-0.3, -0.25) is 9.69 Å². The first kappa shape index (κ1) is 15.4. The Kier molecular flexibility index (Phi) is 6.12. The summed E-state index contributed by atoms with van der Waals surface area (Å²) < 4.78 is 5.32. The molecule has 5 nitrogen and oxygen atoms in total. The number of aromatic nitrogens is 1. The Hall–Kier alpha value is -1.98. The highest BCUT2D eigenvalue weighted by atomic mass is 16.5. The molecule has 1 N–H and O–H groups in total. The maximum atomic E-state index is 11.6. The fourth-order valence-corrected chi connectivity index (χ4v) is 2.03. The molecule has 2 heterocycles. The summed E-state index contributed by atoms with van der Waals surface area (Å²) in [5, 5.41) is 2.73. The van der Waals surface area contributed by atoms with E-state index in [-0.39, 0.29) is 5.91 Å². The lowest BCUT2D eigenvalue weighted by atomic mass is 10.2. The second kappa shape index (κ2) is 8.34. The second-order valence-electron chi connectivity index (χ2n) is 4.81. The molecule has 0 saturated carbocycles. The quantitative estimate of drug-likeness (QED) is 0.664. The van der Waals surface area contributed by atoms with Gasteiger partial charge in [0.15, 0.2) is 0 Å². The van der Waals surface area contributed by atoms with Crippen LogP contribution in [0.25, 0.3) is 0 Å². The van der Waals surface area contributed by atoms with Gasteiger partial charge in [-0.05, 0) is 18.6 Å². The number of allylic oxidation sites excluding steroid dienone is 3. The molecule has 0 spiro atoms. The molecule has 1 aliphatic heterocycles. The summed E-state index contributed by atoms with van der Waals surface area (Å²) >= 11 is 0. The fraction of sp³-hybridized carbons (Fsp3) is 0.375. The number of hydrogen-bond acceptors (Lipinski definition) is 4. The fourth-order valence-electron chi connectivity index (χ4n) is 2.03. The number of rotatable bonds is 5. The molecule has 0 aliphatic carbocycles. The molecule has 0 bridgehead atoms. The Bertz CT molecular complexity index is 503. The summed E-state index contributed by atoms with van der Waals surface area (Å²) in [4.78, 5) is 18.2. The highest BCUT2D eigenvalue weighted by molar-refractivity contribution is 5.98. The van der Waals surface area contributed by atoms with Gasteiger partial charge in [0.2, 0.25) is 5.91 Å². The van der Waals surface area contributed by atoms with Crippen LogP contribution in [0.1, 0.15) is 12.5 Å². The number of anilines is 1. The third kappa shape index (κ3) is 5.49. The topological polar surface area (TPSA) is 54.5 Å². The van der Waals surface area contributed by atoms with Gasteiger partial charge in [0.25, 0.3) is 0 Å². The first-order valence-electron chi connectivity index (χ1n) is 7.13. The van der Waals surface area contributed by atoms with Crippen LogP contribution in [-0.4, -0.2) is 42.1 Å². The highest BCUT2D eigenvalue weighted by Gasteiger charge is 2.10. The molecule has 1 saturated heterocycles. The zero-order valence-electron chi connectivity index (χ0n) is 12.3. The zero-order valence-corrected chi connectivity index (χ0v) is 12.3. The van der Waals surface area contributed by atoms with Crippen LogP contribution in [0.4, 0.5) is 5.82 Å². The molecule has 0 unspecified atom stereocenters. The summed E-state index contributed by atoms with van der Waals surface area (Å²) in [6.45, 7) is 6.26. The predicted molar refractivity (Wildman–Crippen MR) is 82.9 cm³/mol. The minimum atomic E-state index is -0.179. The third-order valence-electron chi connectivity index (χ3n) is 3.14. The predicted octanol–water partition coefficient (Wildman–Crippen LogP) is 1.98. The summed E-state index contributed by atoms with van der Waals surface area (Å²) in [6.07, 6.45) is 8.65. The third-order valence-corrected chi connectivity index (χ3v) is 3.14. The maximum absolute atomic E-state index is 11.6. The van der Waals surface area contributed by atoms with Crippen molar-refractivity contribution in [3.05, 3.63) is 48.2 Å². The van der Waals surface area contributed by atoms with Crippen LogP contribution in [0.2, 0.25) is 0 Å². The average Bonchev–Trinajstić information content (AvgIpc) is 2.51. The van der Waals surface area contributed by atoms with Gasteiger partial charge in [0, 0.05) is 31.9 Å². The number of pyridine rings is 1. The van der Waals surface area contributed by atoms with E-state index in [1.807, 2.05) is 25.1 Å². The van der Waals surface area contributed by atoms with Crippen molar-refractivity contribution in [3.63, 3.8) is 0 Å². The first-order valence-corrected chi connectivity index (χ1v) is 7.13. The van der Waals surface area contributed by atoms with Gasteiger partial charge in [-0.2, -0.15) is 0 Å². The van der Waals surface area contributed by atoms with Gasteiger partial charge in [-0.25, -0.2) is 4.98 Å². The van der Waals surface area contributed by atoms with Gasteiger partial charge < -0.3 is 10.1 Å². The normalized spacial score (nSPS) is 16.6. The number of carbonyl (C=O) groups excluding carboxylic acids is 1. The lowest BCUT2D eigenvalue weighted by Crippen LogP contribution is -2.35. The van der Waals surface area contributed by atoms with E-state index in [0.29, 0.717) is 5.82 Å². The van der Waals surface area contributed by atoms with Gasteiger partial charge in [0.1, 0.15) is 5.82 Å². The van der Waals surface area contributed by atoms with Crippen molar-refractivity contribution in [2.24, 2.45) is 0 Å². The zero-order chi connectivity index (χ0) is 14.9. The van der Waals surface area contributed by atoms with Crippen LogP contribution in [0.15, 0.2) is 42.6 Å². The summed E-state index contributed by atoms with van der Waals surface area (Å²) in [5.41, 5.74) is 1.14. The number of nitrogens with zero attached hydrogens (tertiary/aromatic N) is 2. The molecule has 0 atom stereocenters. The van der Waals surface area contributed by atoms with Crippen molar-refractivity contribution in [3.8, 4) is 0 Å². The van der Waals surface area contributed by atoms with E-state index < -0.39 is 0 Å². The van der Waals surface area contributed by atoms with E-state index >= 15 is 0 Å². The van der Waals surface area contributed by atoms with Gasteiger partial charge in [-0.15, -0.1) is 0 Å². The molecule has 5 heteroatoms. The second-order valence-corrected chi connectivity index (χ2v) is 4.81. The molecule has 1 aromatic heterocycles. The number of amides is 1. The van der Waals surface area contributed by atoms with Crippen molar-refractivity contribution >= 4 is 11.7 Å². The molecular weight excluding hydrogens is 266 g/mol. The summed E-state index contributed by atoms with van der Waals surface area (Å²) in [7, 11) is 0. The van der Waals surface area contributed by atoms with Crippen LogP contribution in [-0.2, 0) is 16.1 Å². The lowest BCUT2D eigenvalue weighted by Gasteiger charge is -2.26. The Morgan fingerprint density at radius 2 is 2.19 bits per heavy atom. The van der Waals surface area contributed by atoms with E-state index in [9.17, 15) is 4.79 Å². The average molecular weight is 287 g/mol. The van der Waals surface area contributed by atoms with Gasteiger partial charge >= 0.3 is 0 Å². The molecule has 21 heavy (non-hydrogen) atoms. The molecular formula is C16H21N3O2. The Morgan fingerprint density at radius 3 is 2.86 bits per heavy atom. The first-order chi connectivity index (χ1) is 10.3. The molecule has 1 aromatic rings. The van der Waals surface area contributed by atoms with Gasteiger partial charge in [0.05, 0.1) is 13.2 Å². The molecule has 1 aliphatic rings. The SMILES string of the molecule is CC=CC=CC(=O)Nc1ccc(CN2CCOCC2)cn1. The van der Waals surface area contributed by atoms with Crippen LogP contribution < -0.4 is 5.32 Å². The smallest absolute Gasteiger partial charge is 0.249 e. The monoisotopic (exact) mass is 287 g/mol. The van der Waals surface area contributed by atoms with Crippen molar-refractivity contribution < 1.29 is 9.53 Å². The number of hydrogen-bond donors (Lipinski definition) is 1. The van der Waals surface area contributed by atoms with E-state index in [0.717, 1.165) is 38.4 Å². The molecule has 1 amide bonds. The number of carbonyl (C=O) groups is 1. The van der Waals surface area contributed by atoms with Crippen molar-refractivity contribution in [1.82, 2.24) is 9.88 Å². The number of nitrogens with one attached hydrogen (secondary N) is 1. The van der Waals surface area contributed by atoms with Crippen LogP contribution in [0, 0.1) is 0 Å². The van der Waals surface area contributed by atoms with Crippen molar-refractivity contribution in [1.29, 1.82) is 0 Å². The highest BCUT2D eigenvalue weighted by Crippen LogP contribution is 2.09. The van der Waals surface area contributed by atoms with Crippen molar-refractivity contribution in [2.75, 3.05) is 31.6 Å². The van der Waals surface area contributed by atoms with E-state index in [1.165, 1.54) is 6.08 Å². The number of morpholine rings is 1. The summed E-state index contributed by atoms with van der Waals surface area (Å²) in [6, 6.07) is 3.82. The Balaban J connectivity index is 1.85. The Morgan fingerprint density at radius 1 is 1.38 bits per heavy atom. The minimum Gasteiger partial charge on any atom is -0.379 e. The molecule has 0 radical (unpaired) electrons. The minimum absolute atomic E-state index is 0.179. The molecule has 1 fully saturated rings.